The zero-order valence-electron chi connectivity index (χ0n) is 13.3. The average Bonchev–Trinajstić information content (AvgIpc) is 2.57. The van der Waals surface area contributed by atoms with Crippen LogP contribution < -0.4 is 5.32 Å². The van der Waals surface area contributed by atoms with Crippen LogP contribution in [0.1, 0.15) is 18.1 Å². The van der Waals surface area contributed by atoms with Crippen LogP contribution >= 0.6 is 23.2 Å². The monoisotopic (exact) mass is 358 g/mol. The van der Waals surface area contributed by atoms with E-state index < -0.39 is 0 Å². The summed E-state index contributed by atoms with van der Waals surface area (Å²) in [6.45, 7) is 4.09. The van der Waals surface area contributed by atoms with E-state index in [1.165, 1.54) is 5.56 Å². The van der Waals surface area contributed by atoms with Gasteiger partial charge in [-0.05, 0) is 60.3 Å². The molecule has 24 heavy (non-hydrogen) atoms. The Bertz CT molecular complexity index is 863. The van der Waals surface area contributed by atoms with Gasteiger partial charge in [-0.2, -0.15) is 15.0 Å². The van der Waals surface area contributed by atoms with Crippen LogP contribution in [0.25, 0.3) is 11.4 Å². The largest absolute Gasteiger partial charge is 0.324 e. The molecule has 1 aromatic heterocycles. The van der Waals surface area contributed by atoms with Crippen molar-refractivity contribution in [2.75, 3.05) is 5.32 Å². The molecule has 0 aliphatic heterocycles. The van der Waals surface area contributed by atoms with Crippen molar-refractivity contribution in [3.05, 3.63) is 63.9 Å². The number of rotatable bonds is 4. The second kappa shape index (κ2) is 7.16. The summed E-state index contributed by atoms with van der Waals surface area (Å²) in [6.07, 6.45) is 0.996. The molecule has 1 N–H and O–H groups in total. The predicted molar refractivity (Wildman–Crippen MR) is 99.1 cm³/mol. The summed E-state index contributed by atoms with van der Waals surface area (Å²) in [6, 6.07) is 13.7. The fourth-order valence-corrected chi connectivity index (χ4v) is 2.65. The quantitative estimate of drug-likeness (QED) is 0.672. The van der Waals surface area contributed by atoms with E-state index in [-0.39, 0.29) is 5.28 Å². The van der Waals surface area contributed by atoms with Crippen LogP contribution in [0, 0.1) is 6.92 Å². The van der Waals surface area contributed by atoms with Crippen LogP contribution in [-0.4, -0.2) is 15.0 Å². The molecule has 0 unspecified atom stereocenters. The number of aromatic nitrogens is 3. The van der Waals surface area contributed by atoms with Gasteiger partial charge in [-0.25, -0.2) is 0 Å². The molecular weight excluding hydrogens is 343 g/mol. The molecular formula is C18H16Cl2N4. The first-order valence-corrected chi connectivity index (χ1v) is 8.35. The average molecular weight is 359 g/mol. The second-order valence-corrected chi connectivity index (χ2v) is 6.16. The van der Waals surface area contributed by atoms with Gasteiger partial charge in [-0.15, -0.1) is 0 Å². The smallest absolute Gasteiger partial charge is 0.232 e. The molecule has 0 saturated carbocycles. The van der Waals surface area contributed by atoms with E-state index >= 15 is 0 Å². The summed E-state index contributed by atoms with van der Waals surface area (Å²) in [5.74, 6) is 0.885. The summed E-state index contributed by atoms with van der Waals surface area (Å²) in [5.41, 5.74) is 4.00. The molecule has 1 heterocycles. The number of nitrogens with zero attached hydrogens (tertiary/aromatic N) is 3. The summed E-state index contributed by atoms with van der Waals surface area (Å²) in [4.78, 5) is 12.8. The molecule has 0 bridgehead atoms. The highest BCUT2D eigenvalue weighted by atomic mass is 35.5. The molecule has 0 aliphatic carbocycles. The molecule has 0 amide bonds. The standard InChI is InChI=1S/C18H16Cl2N4/c1-3-12-5-8-14(9-6-12)21-18-23-16(22-17(20)24-18)15-10-13(19)7-4-11(15)2/h4-10H,3H2,1-2H3,(H,21,22,23,24). The van der Waals surface area contributed by atoms with Gasteiger partial charge in [-0.3, -0.25) is 0 Å². The molecule has 6 heteroatoms. The molecule has 0 spiro atoms. The highest BCUT2D eigenvalue weighted by Gasteiger charge is 2.10. The minimum absolute atomic E-state index is 0.132. The van der Waals surface area contributed by atoms with Gasteiger partial charge in [0.05, 0.1) is 0 Å². The summed E-state index contributed by atoms with van der Waals surface area (Å²) < 4.78 is 0. The van der Waals surface area contributed by atoms with Crippen LogP contribution in [0.15, 0.2) is 42.5 Å². The van der Waals surface area contributed by atoms with E-state index in [0.29, 0.717) is 16.8 Å². The van der Waals surface area contributed by atoms with Crippen molar-refractivity contribution < 1.29 is 0 Å². The Kier molecular flexibility index (Phi) is 4.97. The Labute approximate surface area is 150 Å². The first kappa shape index (κ1) is 16.7. The van der Waals surface area contributed by atoms with Crippen molar-refractivity contribution in [1.82, 2.24) is 15.0 Å². The second-order valence-electron chi connectivity index (χ2n) is 5.39. The van der Waals surface area contributed by atoms with Crippen LogP contribution in [0.2, 0.25) is 10.3 Å². The third-order valence-corrected chi connectivity index (χ3v) is 4.07. The maximum absolute atomic E-state index is 6.08. The SMILES string of the molecule is CCc1ccc(Nc2nc(Cl)nc(-c3cc(Cl)ccc3C)n2)cc1. The highest BCUT2D eigenvalue weighted by Crippen LogP contribution is 2.26. The van der Waals surface area contributed by atoms with Gasteiger partial charge >= 0.3 is 0 Å². The molecule has 0 saturated heterocycles. The number of nitrogens with one attached hydrogen (secondary N) is 1. The van der Waals surface area contributed by atoms with Gasteiger partial charge in [-0.1, -0.05) is 36.7 Å². The van der Waals surface area contributed by atoms with E-state index in [0.717, 1.165) is 23.2 Å². The molecule has 0 fully saturated rings. The fourth-order valence-electron chi connectivity index (χ4n) is 2.31. The van der Waals surface area contributed by atoms with E-state index in [9.17, 15) is 0 Å². The van der Waals surface area contributed by atoms with Gasteiger partial charge in [0.2, 0.25) is 11.2 Å². The van der Waals surface area contributed by atoms with E-state index in [1.807, 2.05) is 37.3 Å². The summed E-state index contributed by atoms with van der Waals surface area (Å²) in [5, 5.41) is 3.91. The molecule has 0 radical (unpaired) electrons. The van der Waals surface area contributed by atoms with Gasteiger partial charge < -0.3 is 5.32 Å². The first-order chi connectivity index (χ1) is 11.5. The molecule has 122 valence electrons. The van der Waals surface area contributed by atoms with Crippen molar-refractivity contribution in [3.63, 3.8) is 0 Å². The number of halogens is 2. The number of anilines is 2. The minimum Gasteiger partial charge on any atom is -0.324 e. The highest BCUT2D eigenvalue weighted by molar-refractivity contribution is 6.31. The lowest BCUT2D eigenvalue weighted by Gasteiger charge is -2.09. The minimum atomic E-state index is 0.132. The van der Waals surface area contributed by atoms with Crippen molar-refractivity contribution in [2.45, 2.75) is 20.3 Å². The van der Waals surface area contributed by atoms with Gasteiger partial charge in [0, 0.05) is 16.3 Å². The van der Waals surface area contributed by atoms with Crippen LogP contribution in [-0.2, 0) is 6.42 Å². The Balaban J connectivity index is 1.95. The van der Waals surface area contributed by atoms with E-state index in [1.54, 1.807) is 0 Å². The normalized spacial score (nSPS) is 10.7. The number of hydrogen-bond donors (Lipinski definition) is 1. The molecule has 4 nitrogen and oxygen atoms in total. The van der Waals surface area contributed by atoms with Crippen LogP contribution in [0.3, 0.4) is 0 Å². The third kappa shape index (κ3) is 3.83. The third-order valence-electron chi connectivity index (χ3n) is 3.67. The van der Waals surface area contributed by atoms with E-state index in [2.05, 4.69) is 39.3 Å². The Morgan fingerprint density at radius 1 is 0.958 bits per heavy atom. The Morgan fingerprint density at radius 2 is 1.71 bits per heavy atom. The van der Waals surface area contributed by atoms with Gasteiger partial charge in [0.1, 0.15) is 0 Å². The Hall–Kier alpha value is -2.17. The van der Waals surface area contributed by atoms with Gasteiger partial charge in [0.25, 0.3) is 0 Å². The van der Waals surface area contributed by atoms with Crippen molar-refractivity contribution in [3.8, 4) is 11.4 Å². The number of hydrogen-bond acceptors (Lipinski definition) is 4. The maximum Gasteiger partial charge on any atom is 0.232 e. The van der Waals surface area contributed by atoms with Crippen molar-refractivity contribution in [1.29, 1.82) is 0 Å². The molecule has 0 aliphatic rings. The lowest BCUT2D eigenvalue weighted by atomic mass is 10.1. The summed E-state index contributed by atoms with van der Waals surface area (Å²) >= 11 is 12.2. The zero-order chi connectivity index (χ0) is 17.1. The van der Waals surface area contributed by atoms with Crippen molar-refractivity contribution in [2.24, 2.45) is 0 Å². The first-order valence-electron chi connectivity index (χ1n) is 7.59. The van der Waals surface area contributed by atoms with Crippen LogP contribution in [0.5, 0.6) is 0 Å². The molecule has 0 atom stereocenters. The Morgan fingerprint density at radius 3 is 2.42 bits per heavy atom. The molecule has 3 rings (SSSR count). The number of benzene rings is 2. The fraction of sp³-hybridized carbons (Fsp3) is 0.167. The summed E-state index contributed by atoms with van der Waals surface area (Å²) in [7, 11) is 0. The van der Waals surface area contributed by atoms with Crippen LogP contribution in [0.4, 0.5) is 11.6 Å². The lowest BCUT2D eigenvalue weighted by molar-refractivity contribution is 1.06. The van der Waals surface area contributed by atoms with E-state index in [4.69, 9.17) is 23.2 Å². The zero-order valence-corrected chi connectivity index (χ0v) is 14.9. The lowest BCUT2D eigenvalue weighted by Crippen LogP contribution is -2.02. The van der Waals surface area contributed by atoms with Gasteiger partial charge in [0.15, 0.2) is 5.82 Å². The number of aryl methyl sites for hydroxylation is 2. The van der Waals surface area contributed by atoms with Crippen molar-refractivity contribution >= 4 is 34.8 Å². The maximum atomic E-state index is 6.08. The molecule has 2 aromatic carbocycles. The predicted octanol–water partition coefficient (Wildman–Crippen LogP) is 5.46. The topological polar surface area (TPSA) is 50.7 Å². The molecule has 3 aromatic rings.